The molecule has 0 saturated carbocycles. The molecule has 1 aliphatic rings. The van der Waals surface area contributed by atoms with Crippen molar-refractivity contribution in [3.63, 3.8) is 0 Å². The maximum Gasteiger partial charge on any atom is 0.196 e. The molecule has 1 aliphatic heterocycles. The SMILES string of the molecule is CC(C)n1cncc1C1CN=C(N)N1c1ccccc1F. The van der Waals surface area contributed by atoms with Crippen molar-refractivity contribution in [3.8, 4) is 0 Å². The molecule has 0 aliphatic carbocycles. The summed E-state index contributed by atoms with van der Waals surface area (Å²) in [5.74, 6) is 0.0276. The minimum Gasteiger partial charge on any atom is -0.369 e. The summed E-state index contributed by atoms with van der Waals surface area (Å²) < 4.78 is 16.2. The third-order valence-electron chi connectivity index (χ3n) is 3.69. The van der Waals surface area contributed by atoms with Crippen molar-refractivity contribution in [1.29, 1.82) is 0 Å². The molecule has 2 aromatic rings. The van der Waals surface area contributed by atoms with Gasteiger partial charge in [-0.15, -0.1) is 0 Å². The van der Waals surface area contributed by atoms with Crippen molar-refractivity contribution in [2.24, 2.45) is 10.7 Å². The lowest BCUT2D eigenvalue weighted by Crippen LogP contribution is -2.37. The smallest absolute Gasteiger partial charge is 0.196 e. The van der Waals surface area contributed by atoms with Crippen molar-refractivity contribution in [3.05, 3.63) is 48.3 Å². The molecule has 6 heteroatoms. The molecule has 110 valence electrons. The van der Waals surface area contributed by atoms with Crippen LogP contribution < -0.4 is 10.6 Å². The molecule has 1 aromatic carbocycles. The Morgan fingerprint density at radius 1 is 1.33 bits per heavy atom. The van der Waals surface area contributed by atoms with Crippen molar-refractivity contribution in [1.82, 2.24) is 9.55 Å². The van der Waals surface area contributed by atoms with Crippen LogP contribution in [0, 0.1) is 5.82 Å². The molecule has 1 aromatic heterocycles. The Morgan fingerprint density at radius 2 is 2.10 bits per heavy atom. The first-order chi connectivity index (χ1) is 10.1. The van der Waals surface area contributed by atoms with Crippen molar-refractivity contribution < 1.29 is 4.39 Å². The summed E-state index contributed by atoms with van der Waals surface area (Å²) >= 11 is 0. The number of guanidine groups is 1. The normalized spacial score (nSPS) is 18.4. The first-order valence-corrected chi connectivity index (χ1v) is 6.95. The number of hydrogen-bond acceptors (Lipinski definition) is 4. The fourth-order valence-corrected chi connectivity index (χ4v) is 2.67. The van der Waals surface area contributed by atoms with Crippen LogP contribution in [0.25, 0.3) is 0 Å². The number of aliphatic imine (C=N–C) groups is 1. The van der Waals surface area contributed by atoms with Gasteiger partial charge in [-0.2, -0.15) is 0 Å². The average molecular weight is 287 g/mol. The molecule has 21 heavy (non-hydrogen) atoms. The van der Waals surface area contributed by atoms with E-state index in [0.29, 0.717) is 18.2 Å². The standard InChI is InChI=1S/C15H18FN5/c1-10(2)20-9-18-7-13(20)14-8-19-15(17)21(14)12-6-4-3-5-11(12)16/h3-7,9-10,14H,8H2,1-2H3,(H2,17,19). The average Bonchev–Trinajstić information content (AvgIpc) is 3.06. The number of rotatable bonds is 3. The van der Waals surface area contributed by atoms with Crippen LogP contribution in [0.1, 0.15) is 31.6 Å². The highest BCUT2D eigenvalue weighted by Gasteiger charge is 2.32. The molecule has 0 spiro atoms. The maximum absolute atomic E-state index is 14.1. The highest BCUT2D eigenvalue weighted by Crippen LogP contribution is 2.33. The molecule has 1 atom stereocenters. The molecular weight excluding hydrogens is 269 g/mol. The zero-order chi connectivity index (χ0) is 15.0. The lowest BCUT2D eigenvalue weighted by Gasteiger charge is -2.28. The van der Waals surface area contributed by atoms with E-state index in [-0.39, 0.29) is 17.9 Å². The Hall–Kier alpha value is -2.37. The number of aromatic nitrogens is 2. The van der Waals surface area contributed by atoms with Crippen LogP contribution in [0.15, 0.2) is 41.8 Å². The Kier molecular flexibility index (Phi) is 3.37. The van der Waals surface area contributed by atoms with Gasteiger partial charge in [0.1, 0.15) is 5.82 Å². The van der Waals surface area contributed by atoms with Gasteiger partial charge in [-0.1, -0.05) is 12.1 Å². The van der Waals surface area contributed by atoms with E-state index in [1.807, 2.05) is 0 Å². The fourth-order valence-electron chi connectivity index (χ4n) is 2.67. The van der Waals surface area contributed by atoms with Crippen LogP contribution >= 0.6 is 0 Å². The number of halogens is 1. The quantitative estimate of drug-likeness (QED) is 0.943. The molecule has 3 rings (SSSR count). The molecule has 0 bridgehead atoms. The first kappa shape index (κ1) is 13.6. The maximum atomic E-state index is 14.1. The van der Waals surface area contributed by atoms with Gasteiger partial charge in [0.05, 0.1) is 36.5 Å². The molecule has 0 radical (unpaired) electrons. The van der Waals surface area contributed by atoms with Crippen LogP contribution in [0.5, 0.6) is 0 Å². The van der Waals surface area contributed by atoms with Gasteiger partial charge in [-0.3, -0.25) is 9.89 Å². The van der Waals surface area contributed by atoms with Crippen LogP contribution in [-0.4, -0.2) is 22.1 Å². The van der Waals surface area contributed by atoms with Gasteiger partial charge in [0.2, 0.25) is 0 Å². The molecule has 1 unspecified atom stereocenters. The molecule has 0 saturated heterocycles. The Bertz CT molecular complexity index is 676. The molecule has 2 heterocycles. The van der Waals surface area contributed by atoms with Gasteiger partial charge in [0, 0.05) is 6.04 Å². The van der Waals surface area contributed by atoms with Crippen LogP contribution in [0.4, 0.5) is 10.1 Å². The van der Waals surface area contributed by atoms with Crippen LogP contribution in [-0.2, 0) is 0 Å². The lowest BCUT2D eigenvalue weighted by atomic mass is 10.1. The summed E-state index contributed by atoms with van der Waals surface area (Å²) in [5, 5.41) is 0. The van der Waals surface area contributed by atoms with E-state index in [4.69, 9.17) is 5.73 Å². The number of anilines is 1. The summed E-state index contributed by atoms with van der Waals surface area (Å²) in [5.41, 5.74) is 7.41. The number of para-hydroxylation sites is 1. The summed E-state index contributed by atoms with van der Waals surface area (Å²) in [7, 11) is 0. The number of benzene rings is 1. The van der Waals surface area contributed by atoms with Crippen molar-refractivity contribution >= 4 is 11.6 Å². The predicted molar refractivity (Wildman–Crippen MR) is 80.7 cm³/mol. The van der Waals surface area contributed by atoms with Crippen LogP contribution in [0.2, 0.25) is 0 Å². The summed E-state index contributed by atoms with van der Waals surface area (Å²) in [6.07, 6.45) is 3.58. The third-order valence-corrected chi connectivity index (χ3v) is 3.69. The van der Waals surface area contributed by atoms with E-state index in [1.165, 1.54) is 6.07 Å². The van der Waals surface area contributed by atoms with Gasteiger partial charge in [0.25, 0.3) is 0 Å². The Morgan fingerprint density at radius 3 is 2.81 bits per heavy atom. The van der Waals surface area contributed by atoms with E-state index in [9.17, 15) is 4.39 Å². The van der Waals surface area contributed by atoms with E-state index in [1.54, 1.807) is 35.6 Å². The van der Waals surface area contributed by atoms with Gasteiger partial charge in [-0.25, -0.2) is 9.37 Å². The van der Waals surface area contributed by atoms with Gasteiger partial charge >= 0.3 is 0 Å². The largest absolute Gasteiger partial charge is 0.369 e. The van der Waals surface area contributed by atoms with Gasteiger partial charge < -0.3 is 10.3 Å². The summed E-state index contributed by atoms with van der Waals surface area (Å²) in [4.78, 5) is 10.2. The zero-order valence-corrected chi connectivity index (χ0v) is 12.1. The fraction of sp³-hybridized carbons (Fsp3) is 0.333. The molecule has 0 amide bonds. The topological polar surface area (TPSA) is 59.4 Å². The third kappa shape index (κ3) is 2.26. The van der Waals surface area contributed by atoms with Crippen molar-refractivity contribution in [2.45, 2.75) is 25.9 Å². The van der Waals surface area contributed by atoms with E-state index in [2.05, 4.69) is 28.4 Å². The van der Waals surface area contributed by atoms with E-state index >= 15 is 0 Å². The number of imidazole rings is 1. The van der Waals surface area contributed by atoms with Crippen LogP contribution in [0.3, 0.4) is 0 Å². The van der Waals surface area contributed by atoms with Gasteiger partial charge in [0.15, 0.2) is 5.96 Å². The number of nitrogens with zero attached hydrogens (tertiary/aromatic N) is 4. The Labute approximate surface area is 122 Å². The second kappa shape index (κ2) is 5.20. The predicted octanol–water partition coefficient (Wildman–Crippen LogP) is 2.48. The number of hydrogen-bond donors (Lipinski definition) is 1. The molecule has 0 fully saturated rings. The summed E-state index contributed by atoms with van der Waals surface area (Å²) in [6.45, 7) is 4.66. The van der Waals surface area contributed by atoms with Gasteiger partial charge in [-0.05, 0) is 26.0 Å². The minimum atomic E-state index is -0.307. The monoisotopic (exact) mass is 287 g/mol. The van der Waals surface area contributed by atoms with Crippen molar-refractivity contribution in [2.75, 3.05) is 11.4 Å². The first-order valence-electron chi connectivity index (χ1n) is 6.95. The molecular formula is C15H18FN5. The lowest BCUT2D eigenvalue weighted by molar-refractivity contribution is 0.545. The zero-order valence-electron chi connectivity index (χ0n) is 12.1. The second-order valence-corrected chi connectivity index (χ2v) is 5.36. The molecule has 2 N–H and O–H groups in total. The second-order valence-electron chi connectivity index (χ2n) is 5.36. The summed E-state index contributed by atoms with van der Waals surface area (Å²) in [6, 6.07) is 6.74. The highest BCUT2D eigenvalue weighted by molar-refractivity contribution is 5.97. The van der Waals surface area contributed by atoms with E-state index < -0.39 is 0 Å². The minimum absolute atomic E-state index is 0.133. The molecule has 5 nitrogen and oxygen atoms in total. The Balaban J connectivity index is 2.04. The highest BCUT2D eigenvalue weighted by atomic mass is 19.1. The number of nitrogens with two attached hydrogens (primary N) is 1. The van der Waals surface area contributed by atoms with E-state index in [0.717, 1.165) is 5.69 Å².